The summed E-state index contributed by atoms with van der Waals surface area (Å²) in [5.74, 6) is 1.42. The van der Waals surface area contributed by atoms with Gasteiger partial charge in [-0.1, -0.05) is 0 Å². The van der Waals surface area contributed by atoms with Crippen LogP contribution < -0.4 is 11.1 Å². The van der Waals surface area contributed by atoms with Crippen molar-refractivity contribution < 1.29 is 4.79 Å². The van der Waals surface area contributed by atoms with Crippen LogP contribution in [0.1, 0.15) is 12.8 Å². The molecule has 0 aromatic heterocycles. The Morgan fingerprint density at radius 1 is 1.46 bits per heavy atom. The van der Waals surface area contributed by atoms with Gasteiger partial charge in [-0.2, -0.15) is 0 Å². The predicted molar refractivity (Wildman–Crippen MR) is 50.2 cm³/mol. The van der Waals surface area contributed by atoms with Crippen molar-refractivity contribution in [2.24, 2.45) is 17.6 Å². The highest BCUT2D eigenvalue weighted by Crippen LogP contribution is 2.37. The number of amides is 2. The van der Waals surface area contributed by atoms with Crippen LogP contribution in [0.4, 0.5) is 4.79 Å². The zero-order chi connectivity index (χ0) is 9.42. The van der Waals surface area contributed by atoms with Crippen LogP contribution in [0.3, 0.4) is 0 Å². The van der Waals surface area contributed by atoms with Crippen LogP contribution in [0.5, 0.6) is 0 Å². The van der Waals surface area contributed by atoms with Crippen molar-refractivity contribution in [1.29, 1.82) is 0 Å². The van der Waals surface area contributed by atoms with E-state index in [1.165, 1.54) is 13.0 Å². The van der Waals surface area contributed by atoms with E-state index in [9.17, 15) is 4.79 Å². The molecule has 1 aliphatic carbocycles. The molecule has 0 bridgehead atoms. The maximum absolute atomic E-state index is 10.7. The number of rotatable bonds is 1. The van der Waals surface area contributed by atoms with Gasteiger partial charge >= 0.3 is 6.03 Å². The van der Waals surface area contributed by atoms with Crippen LogP contribution in [-0.4, -0.2) is 37.1 Å². The molecule has 0 spiro atoms. The van der Waals surface area contributed by atoms with Crippen LogP contribution in [0, 0.1) is 11.8 Å². The molecule has 2 rings (SSSR count). The normalized spacial score (nSPS) is 39.0. The summed E-state index contributed by atoms with van der Waals surface area (Å²) in [7, 11) is 2.14. The molecule has 2 fully saturated rings. The number of hydrogen-bond acceptors (Lipinski definition) is 2. The number of carbonyl (C=O) groups is 1. The number of likely N-dealkylation sites (tertiary alicyclic amines) is 1. The average molecular weight is 183 g/mol. The van der Waals surface area contributed by atoms with Crippen molar-refractivity contribution in [3.8, 4) is 0 Å². The fourth-order valence-corrected chi connectivity index (χ4v) is 2.85. The van der Waals surface area contributed by atoms with Gasteiger partial charge in [-0.05, 0) is 31.7 Å². The summed E-state index contributed by atoms with van der Waals surface area (Å²) in [5.41, 5.74) is 5.13. The lowest BCUT2D eigenvalue weighted by molar-refractivity contribution is 0.240. The Bertz CT molecular complexity index is 219. The van der Waals surface area contributed by atoms with Gasteiger partial charge < -0.3 is 16.0 Å². The first kappa shape index (κ1) is 8.81. The van der Waals surface area contributed by atoms with E-state index in [-0.39, 0.29) is 6.03 Å². The van der Waals surface area contributed by atoms with Crippen molar-refractivity contribution in [1.82, 2.24) is 10.2 Å². The molecule has 4 nitrogen and oxygen atoms in total. The van der Waals surface area contributed by atoms with Crippen molar-refractivity contribution in [2.45, 2.75) is 18.9 Å². The van der Waals surface area contributed by atoms with Crippen LogP contribution >= 0.6 is 0 Å². The molecule has 2 aliphatic rings. The number of nitrogens with zero attached hydrogens (tertiary/aromatic N) is 1. The minimum absolute atomic E-state index is 0.326. The zero-order valence-electron chi connectivity index (χ0n) is 7.99. The number of fused-ring (bicyclic) bond motifs is 1. The maximum Gasteiger partial charge on any atom is 0.312 e. The lowest BCUT2D eigenvalue weighted by atomic mass is 9.98. The second-order valence-electron chi connectivity index (χ2n) is 4.34. The Morgan fingerprint density at radius 3 is 2.92 bits per heavy atom. The van der Waals surface area contributed by atoms with Crippen LogP contribution in [0.25, 0.3) is 0 Å². The first-order valence-electron chi connectivity index (χ1n) is 4.91. The van der Waals surface area contributed by atoms with Gasteiger partial charge in [0.1, 0.15) is 0 Å². The molecule has 0 aromatic rings. The number of nitrogens with two attached hydrogens (primary N) is 1. The van der Waals surface area contributed by atoms with E-state index < -0.39 is 0 Å². The van der Waals surface area contributed by atoms with Gasteiger partial charge in [-0.3, -0.25) is 0 Å². The molecule has 1 saturated heterocycles. The summed E-state index contributed by atoms with van der Waals surface area (Å²) in [6.45, 7) is 2.29. The highest BCUT2D eigenvalue weighted by Gasteiger charge is 2.41. The molecular formula is C9H17N3O. The van der Waals surface area contributed by atoms with Gasteiger partial charge in [0.2, 0.25) is 0 Å². The topological polar surface area (TPSA) is 58.4 Å². The largest absolute Gasteiger partial charge is 0.352 e. The smallest absolute Gasteiger partial charge is 0.312 e. The SMILES string of the molecule is CN1C[C@@H]2CCC(NC(N)=O)[C@@H]2C1. The van der Waals surface area contributed by atoms with Crippen LogP contribution in [0.15, 0.2) is 0 Å². The van der Waals surface area contributed by atoms with Gasteiger partial charge in [0, 0.05) is 19.1 Å². The van der Waals surface area contributed by atoms with E-state index in [2.05, 4.69) is 17.3 Å². The van der Waals surface area contributed by atoms with Gasteiger partial charge in [0.15, 0.2) is 0 Å². The molecule has 4 heteroatoms. The first-order chi connectivity index (χ1) is 6.16. The van der Waals surface area contributed by atoms with Gasteiger partial charge in [-0.25, -0.2) is 4.79 Å². The van der Waals surface area contributed by atoms with E-state index in [4.69, 9.17) is 5.73 Å². The van der Waals surface area contributed by atoms with E-state index in [0.717, 1.165) is 18.9 Å². The monoisotopic (exact) mass is 183 g/mol. The van der Waals surface area contributed by atoms with E-state index in [0.29, 0.717) is 12.0 Å². The fourth-order valence-electron chi connectivity index (χ4n) is 2.85. The molecule has 2 amide bonds. The van der Waals surface area contributed by atoms with E-state index in [1.807, 2.05) is 0 Å². The molecule has 3 atom stereocenters. The summed E-state index contributed by atoms with van der Waals surface area (Å²) in [6, 6.07) is -0.0485. The quantitative estimate of drug-likeness (QED) is 0.601. The highest BCUT2D eigenvalue weighted by atomic mass is 16.2. The number of hydrogen-bond donors (Lipinski definition) is 2. The molecular weight excluding hydrogens is 166 g/mol. The second kappa shape index (κ2) is 3.18. The third kappa shape index (κ3) is 1.63. The predicted octanol–water partition coefficient (Wildman–Crippen LogP) is -0.00510. The lowest BCUT2D eigenvalue weighted by Crippen LogP contribution is -2.42. The summed E-state index contributed by atoms with van der Waals surface area (Å²) in [6.07, 6.45) is 2.34. The molecule has 1 aliphatic heterocycles. The maximum atomic E-state index is 10.7. The summed E-state index contributed by atoms with van der Waals surface area (Å²) in [5, 5.41) is 2.85. The van der Waals surface area contributed by atoms with Gasteiger partial charge in [-0.15, -0.1) is 0 Å². The average Bonchev–Trinajstić information content (AvgIpc) is 2.51. The Balaban J connectivity index is 1.96. The standard InChI is InChI=1S/C9H17N3O/c1-12-4-6-2-3-8(7(6)5-12)11-9(10)13/h6-8H,2-5H2,1H3,(H3,10,11,13)/t6-,7+,8?/m0/s1. The summed E-state index contributed by atoms with van der Waals surface area (Å²) in [4.78, 5) is 13.1. The van der Waals surface area contributed by atoms with Crippen LogP contribution in [-0.2, 0) is 0 Å². The molecule has 0 radical (unpaired) electrons. The van der Waals surface area contributed by atoms with E-state index >= 15 is 0 Å². The molecule has 1 heterocycles. The number of urea groups is 1. The number of carbonyl (C=O) groups excluding carboxylic acids is 1. The minimum Gasteiger partial charge on any atom is -0.352 e. The minimum atomic E-state index is -0.375. The van der Waals surface area contributed by atoms with Crippen molar-refractivity contribution in [3.05, 3.63) is 0 Å². The molecule has 74 valence electrons. The Kier molecular flexibility index (Phi) is 2.15. The summed E-state index contributed by atoms with van der Waals surface area (Å²) >= 11 is 0. The Morgan fingerprint density at radius 2 is 2.23 bits per heavy atom. The third-order valence-corrected chi connectivity index (χ3v) is 3.37. The highest BCUT2D eigenvalue weighted by molar-refractivity contribution is 5.72. The van der Waals surface area contributed by atoms with Crippen molar-refractivity contribution >= 4 is 6.03 Å². The first-order valence-corrected chi connectivity index (χ1v) is 4.91. The number of nitrogens with one attached hydrogen (secondary N) is 1. The molecule has 1 saturated carbocycles. The lowest BCUT2D eigenvalue weighted by Gasteiger charge is -2.18. The van der Waals surface area contributed by atoms with Crippen molar-refractivity contribution in [3.63, 3.8) is 0 Å². The zero-order valence-corrected chi connectivity index (χ0v) is 7.99. The molecule has 3 N–H and O–H groups in total. The summed E-state index contributed by atoms with van der Waals surface area (Å²) < 4.78 is 0. The molecule has 0 aromatic carbocycles. The number of primary amides is 1. The van der Waals surface area contributed by atoms with E-state index in [1.54, 1.807) is 0 Å². The molecule has 1 unspecified atom stereocenters. The fraction of sp³-hybridized carbons (Fsp3) is 0.889. The Hall–Kier alpha value is -0.770. The van der Waals surface area contributed by atoms with Gasteiger partial charge in [0.05, 0.1) is 0 Å². The second-order valence-corrected chi connectivity index (χ2v) is 4.34. The Labute approximate surface area is 78.5 Å². The van der Waals surface area contributed by atoms with Gasteiger partial charge in [0.25, 0.3) is 0 Å². The van der Waals surface area contributed by atoms with Crippen molar-refractivity contribution in [2.75, 3.05) is 20.1 Å². The van der Waals surface area contributed by atoms with Crippen LogP contribution in [0.2, 0.25) is 0 Å². The molecule has 13 heavy (non-hydrogen) atoms. The third-order valence-electron chi connectivity index (χ3n) is 3.37.